The Morgan fingerprint density at radius 2 is 2.09 bits per heavy atom. The summed E-state index contributed by atoms with van der Waals surface area (Å²) in [6.07, 6.45) is 6.23. The molecule has 0 saturated carbocycles. The van der Waals surface area contributed by atoms with Crippen LogP contribution in [0.4, 0.5) is 5.95 Å². The monoisotopic (exact) mass is 308 g/mol. The first kappa shape index (κ1) is 15.2. The van der Waals surface area contributed by atoms with Gasteiger partial charge in [-0.15, -0.1) is 0 Å². The van der Waals surface area contributed by atoms with E-state index in [-0.39, 0.29) is 5.95 Å². The number of pyridine rings is 1. The molecule has 1 aliphatic heterocycles. The second-order valence-electron chi connectivity index (χ2n) is 6.22. The number of allylic oxidation sites excluding steroid dienone is 1. The molecule has 0 aliphatic carbocycles. The SMILES string of the molecule is C=C1CC(c2nc(N)nc(C)c2-c2cccnc2)=CC(C)(C)O1. The van der Waals surface area contributed by atoms with Gasteiger partial charge in [0, 0.05) is 29.9 Å². The molecule has 0 bridgehead atoms. The third kappa shape index (κ3) is 3.08. The van der Waals surface area contributed by atoms with Crippen molar-refractivity contribution < 1.29 is 4.74 Å². The average Bonchev–Trinajstić information content (AvgIpc) is 2.45. The fourth-order valence-corrected chi connectivity index (χ4v) is 2.96. The van der Waals surface area contributed by atoms with Gasteiger partial charge in [-0.25, -0.2) is 9.97 Å². The molecule has 2 N–H and O–H groups in total. The molecule has 0 aromatic carbocycles. The van der Waals surface area contributed by atoms with Gasteiger partial charge in [-0.1, -0.05) is 12.6 Å². The zero-order chi connectivity index (χ0) is 16.6. The molecule has 0 saturated heterocycles. The van der Waals surface area contributed by atoms with Crippen molar-refractivity contribution in [3.63, 3.8) is 0 Å². The second-order valence-corrected chi connectivity index (χ2v) is 6.22. The van der Waals surface area contributed by atoms with Gasteiger partial charge in [-0.3, -0.25) is 4.98 Å². The van der Waals surface area contributed by atoms with Crippen LogP contribution < -0.4 is 5.73 Å². The molecular weight excluding hydrogens is 288 g/mol. The average molecular weight is 308 g/mol. The summed E-state index contributed by atoms with van der Waals surface area (Å²) in [4.78, 5) is 13.0. The Morgan fingerprint density at radius 1 is 1.30 bits per heavy atom. The van der Waals surface area contributed by atoms with Crippen molar-refractivity contribution in [1.29, 1.82) is 0 Å². The molecule has 23 heavy (non-hydrogen) atoms. The van der Waals surface area contributed by atoms with Crippen molar-refractivity contribution in [2.75, 3.05) is 5.73 Å². The normalized spacial score (nSPS) is 16.7. The van der Waals surface area contributed by atoms with Crippen LogP contribution in [-0.2, 0) is 4.74 Å². The largest absolute Gasteiger partial charge is 0.488 e. The van der Waals surface area contributed by atoms with Crippen LogP contribution in [0.15, 0.2) is 42.9 Å². The zero-order valence-corrected chi connectivity index (χ0v) is 13.6. The summed E-state index contributed by atoms with van der Waals surface area (Å²) >= 11 is 0. The summed E-state index contributed by atoms with van der Waals surface area (Å²) in [5, 5.41) is 0. The van der Waals surface area contributed by atoms with Crippen LogP contribution in [0.5, 0.6) is 0 Å². The standard InChI is InChI=1S/C18H20N4O/c1-11-8-14(9-18(3,4)23-11)16-15(12(2)21-17(19)22-16)13-6-5-7-20-10-13/h5-7,9-10H,1,8H2,2-4H3,(H2,19,21,22). The molecule has 118 valence electrons. The van der Waals surface area contributed by atoms with E-state index in [2.05, 4.69) is 27.6 Å². The minimum atomic E-state index is -0.426. The summed E-state index contributed by atoms with van der Waals surface area (Å²) in [7, 11) is 0. The molecule has 0 spiro atoms. The number of aromatic nitrogens is 3. The third-order valence-electron chi connectivity index (χ3n) is 3.68. The first-order chi connectivity index (χ1) is 10.9. The first-order valence-corrected chi connectivity index (χ1v) is 7.49. The van der Waals surface area contributed by atoms with Crippen molar-refractivity contribution in [3.05, 3.63) is 54.3 Å². The number of nitrogens with two attached hydrogens (primary N) is 1. The number of anilines is 1. The summed E-state index contributed by atoms with van der Waals surface area (Å²) in [5.74, 6) is 0.987. The lowest BCUT2D eigenvalue weighted by molar-refractivity contribution is 0.0710. The summed E-state index contributed by atoms with van der Waals surface area (Å²) in [6, 6.07) is 3.90. The highest BCUT2D eigenvalue weighted by molar-refractivity contribution is 5.82. The van der Waals surface area contributed by atoms with Crippen LogP contribution in [0.25, 0.3) is 16.7 Å². The Kier molecular flexibility index (Phi) is 3.64. The van der Waals surface area contributed by atoms with Crippen molar-refractivity contribution in [3.8, 4) is 11.1 Å². The number of ether oxygens (including phenoxy) is 1. The van der Waals surface area contributed by atoms with Crippen LogP contribution in [0.2, 0.25) is 0 Å². The smallest absolute Gasteiger partial charge is 0.220 e. The molecule has 0 fully saturated rings. The van der Waals surface area contributed by atoms with Gasteiger partial charge in [0.15, 0.2) is 0 Å². The summed E-state index contributed by atoms with van der Waals surface area (Å²) in [5.41, 5.74) is 10.1. The molecule has 0 atom stereocenters. The topological polar surface area (TPSA) is 73.9 Å². The van der Waals surface area contributed by atoms with E-state index in [4.69, 9.17) is 10.5 Å². The quantitative estimate of drug-likeness (QED) is 0.918. The number of nitrogens with zero attached hydrogens (tertiary/aromatic N) is 3. The summed E-state index contributed by atoms with van der Waals surface area (Å²) in [6.45, 7) is 9.91. The highest BCUT2D eigenvalue weighted by Gasteiger charge is 2.27. The van der Waals surface area contributed by atoms with Gasteiger partial charge in [0.25, 0.3) is 0 Å². The highest BCUT2D eigenvalue weighted by Crippen LogP contribution is 2.38. The van der Waals surface area contributed by atoms with Crippen LogP contribution in [0.1, 0.15) is 31.7 Å². The number of hydrogen-bond donors (Lipinski definition) is 1. The molecular formula is C18H20N4O. The molecule has 2 aromatic heterocycles. The molecule has 0 amide bonds. The molecule has 0 unspecified atom stereocenters. The van der Waals surface area contributed by atoms with Gasteiger partial charge in [-0.2, -0.15) is 0 Å². The van der Waals surface area contributed by atoms with E-state index in [1.165, 1.54) is 0 Å². The Bertz CT molecular complexity index is 794. The highest BCUT2D eigenvalue weighted by atomic mass is 16.5. The van der Waals surface area contributed by atoms with E-state index in [1.54, 1.807) is 6.20 Å². The van der Waals surface area contributed by atoms with Crippen LogP contribution in [0.3, 0.4) is 0 Å². The number of hydrogen-bond acceptors (Lipinski definition) is 5. The van der Waals surface area contributed by atoms with Crippen molar-refractivity contribution in [2.24, 2.45) is 0 Å². The summed E-state index contributed by atoms with van der Waals surface area (Å²) < 4.78 is 5.77. The maximum Gasteiger partial charge on any atom is 0.220 e. The first-order valence-electron chi connectivity index (χ1n) is 7.49. The zero-order valence-electron chi connectivity index (χ0n) is 13.6. The van der Waals surface area contributed by atoms with Crippen molar-refractivity contribution >= 4 is 11.5 Å². The van der Waals surface area contributed by atoms with E-state index >= 15 is 0 Å². The maximum absolute atomic E-state index is 5.90. The van der Waals surface area contributed by atoms with Gasteiger partial charge >= 0.3 is 0 Å². The molecule has 3 heterocycles. The van der Waals surface area contributed by atoms with E-state index < -0.39 is 5.60 Å². The van der Waals surface area contributed by atoms with Crippen LogP contribution in [-0.4, -0.2) is 20.6 Å². The number of nitrogen functional groups attached to an aromatic ring is 1. The molecule has 3 rings (SSSR count). The van der Waals surface area contributed by atoms with Crippen molar-refractivity contribution in [2.45, 2.75) is 32.8 Å². The molecule has 2 aromatic rings. The van der Waals surface area contributed by atoms with Gasteiger partial charge < -0.3 is 10.5 Å². The van der Waals surface area contributed by atoms with Gasteiger partial charge in [0.1, 0.15) is 5.60 Å². The van der Waals surface area contributed by atoms with E-state index in [0.717, 1.165) is 33.8 Å². The maximum atomic E-state index is 5.90. The lowest BCUT2D eigenvalue weighted by Crippen LogP contribution is -2.25. The lowest BCUT2D eigenvalue weighted by atomic mass is 9.91. The predicted octanol–water partition coefficient (Wildman–Crippen LogP) is 3.53. The van der Waals surface area contributed by atoms with Gasteiger partial charge in [0.05, 0.1) is 17.1 Å². The lowest BCUT2D eigenvalue weighted by Gasteiger charge is -2.31. The Morgan fingerprint density at radius 3 is 2.74 bits per heavy atom. The Hall–Kier alpha value is -2.69. The number of aryl methyl sites for hydroxylation is 1. The molecule has 5 nitrogen and oxygen atoms in total. The van der Waals surface area contributed by atoms with Gasteiger partial charge in [-0.05, 0) is 38.5 Å². The van der Waals surface area contributed by atoms with Crippen LogP contribution >= 0.6 is 0 Å². The fourth-order valence-electron chi connectivity index (χ4n) is 2.96. The number of rotatable bonds is 2. The van der Waals surface area contributed by atoms with Crippen LogP contribution in [0, 0.1) is 6.92 Å². The minimum absolute atomic E-state index is 0.265. The second kappa shape index (κ2) is 5.50. The van der Waals surface area contributed by atoms with E-state index in [9.17, 15) is 0 Å². The van der Waals surface area contributed by atoms with E-state index in [1.807, 2.05) is 39.1 Å². The third-order valence-corrected chi connectivity index (χ3v) is 3.68. The minimum Gasteiger partial charge on any atom is -0.488 e. The molecule has 5 heteroatoms. The van der Waals surface area contributed by atoms with E-state index in [0.29, 0.717) is 6.42 Å². The fraction of sp³-hybridized carbons (Fsp3) is 0.278. The molecule has 0 radical (unpaired) electrons. The Balaban J connectivity index is 2.23. The molecule has 1 aliphatic rings. The predicted molar refractivity (Wildman–Crippen MR) is 91.3 cm³/mol. The van der Waals surface area contributed by atoms with Gasteiger partial charge in [0.2, 0.25) is 5.95 Å². The van der Waals surface area contributed by atoms with Crippen molar-refractivity contribution in [1.82, 2.24) is 15.0 Å². The Labute approximate surface area is 136 Å².